The zero-order valence-electron chi connectivity index (χ0n) is 12.0. The number of hydrogen-bond donors (Lipinski definition) is 2. The van der Waals surface area contributed by atoms with Crippen LogP contribution in [0.1, 0.15) is 12.8 Å². The number of non-ortho nitro benzene ring substituents is 1. The predicted molar refractivity (Wildman–Crippen MR) is 81.9 cm³/mol. The highest BCUT2D eigenvalue weighted by molar-refractivity contribution is 5.93. The fourth-order valence-electron chi connectivity index (χ4n) is 2.02. The third kappa shape index (κ3) is 3.60. The van der Waals surface area contributed by atoms with Gasteiger partial charge in [0.25, 0.3) is 5.69 Å². The van der Waals surface area contributed by atoms with Gasteiger partial charge in [0.2, 0.25) is 5.91 Å². The van der Waals surface area contributed by atoms with Crippen molar-refractivity contribution in [1.82, 2.24) is 4.98 Å². The van der Waals surface area contributed by atoms with Crippen molar-refractivity contribution in [1.29, 1.82) is 0 Å². The molecule has 0 saturated heterocycles. The van der Waals surface area contributed by atoms with E-state index in [9.17, 15) is 19.3 Å². The fraction of sp³-hybridized carbons (Fsp3) is 0.200. The van der Waals surface area contributed by atoms with Crippen LogP contribution < -0.4 is 10.6 Å². The van der Waals surface area contributed by atoms with Gasteiger partial charge in [0, 0.05) is 29.9 Å². The minimum atomic E-state index is -0.737. The molecule has 2 aromatic rings. The minimum Gasteiger partial charge on any atom is -0.353 e. The van der Waals surface area contributed by atoms with E-state index in [1.165, 1.54) is 18.3 Å². The highest BCUT2D eigenvalue weighted by atomic mass is 19.1. The summed E-state index contributed by atoms with van der Waals surface area (Å²) < 4.78 is 13.9. The van der Waals surface area contributed by atoms with Gasteiger partial charge in [-0.2, -0.15) is 0 Å². The Labute approximate surface area is 130 Å². The van der Waals surface area contributed by atoms with Crippen LogP contribution >= 0.6 is 0 Å². The number of carbonyl (C=O) groups excluding carboxylic acids is 1. The Balaban J connectivity index is 1.74. The molecule has 7 nitrogen and oxygen atoms in total. The number of amides is 1. The number of nitrogens with one attached hydrogen (secondary N) is 2. The van der Waals surface area contributed by atoms with Crippen LogP contribution in [0.4, 0.5) is 27.3 Å². The average molecular weight is 316 g/mol. The number of aromatic nitrogens is 1. The third-order valence-electron chi connectivity index (χ3n) is 3.40. The first-order valence-corrected chi connectivity index (χ1v) is 7.01. The largest absolute Gasteiger partial charge is 0.353 e. The number of hydrogen-bond acceptors (Lipinski definition) is 5. The summed E-state index contributed by atoms with van der Waals surface area (Å²) in [5, 5.41) is 16.1. The standard InChI is InChI=1S/C15H13FN4O3/c16-12-8-11(20(22)23)3-4-13(12)18-10-5-6-17-14(7-10)19-15(21)9-1-2-9/h3-9H,1-2H2,(H2,17,18,19,21). The topological polar surface area (TPSA) is 97.2 Å². The first kappa shape index (κ1) is 14.9. The Morgan fingerprint density at radius 3 is 2.74 bits per heavy atom. The van der Waals surface area contributed by atoms with Gasteiger partial charge in [0.05, 0.1) is 16.7 Å². The Morgan fingerprint density at radius 2 is 2.09 bits per heavy atom. The van der Waals surface area contributed by atoms with Crippen LogP contribution in [0.2, 0.25) is 0 Å². The summed E-state index contributed by atoms with van der Waals surface area (Å²) in [7, 11) is 0. The van der Waals surface area contributed by atoms with Crippen LogP contribution in [0, 0.1) is 21.8 Å². The van der Waals surface area contributed by atoms with Gasteiger partial charge in [-0.1, -0.05) is 0 Å². The van der Waals surface area contributed by atoms with Crippen LogP contribution in [0.25, 0.3) is 0 Å². The number of nitro benzene ring substituents is 1. The minimum absolute atomic E-state index is 0.0560. The van der Waals surface area contributed by atoms with Crippen molar-refractivity contribution in [3.05, 3.63) is 52.5 Å². The van der Waals surface area contributed by atoms with Gasteiger partial charge >= 0.3 is 0 Å². The quantitative estimate of drug-likeness (QED) is 0.652. The molecule has 0 spiro atoms. The van der Waals surface area contributed by atoms with E-state index < -0.39 is 10.7 Å². The van der Waals surface area contributed by atoms with Gasteiger partial charge in [-0.25, -0.2) is 9.37 Å². The lowest BCUT2D eigenvalue weighted by Crippen LogP contribution is -2.14. The smallest absolute Gasteiger partial charge is 0.272 e. The molecule has 2 N–H and O–H groups in total. The number of carbonyl (C=O) groups is 1. The van der Waals surface area contributed by atoms with E-state index in [1.54, 1.807) is 12.1 Å². The lowest BCUT2D eigenvalue weighted by atomic mass is 10.2. The van der Waals surface area contributed by atoms with Gasteiger partial charge in [-0.15, -0.1) is 0 Å². The van der Waals surface area contributed by atoms with E-state index in [4.69, 9.17) is 0 Å². The van der Waals surface area contributed by atoms with E-state index in [2.05, 4.69) is 15.6 Å². The first-order valence-electron chi connectivity index (χ1n) is 7.01. The maximum absolute atomic E-state index is 13.9. The van der Waals surface area contributed by atoms with Crippen molar-refractivity contribution in [2.45, 2.75) is 12.8 Å². The molecule has 1 aromatic carbocycles. The summed E-state index contributed by atoms with van der Waals surface area (Å²) in [6, 6.07) is 6.52. The summed E-state index contributed by atoms with van der Waals surface area (Å²) in [5.74, 6) is -0.384. The maximum atomic E-state index is 13.9. The zero-order valence-corrected chi connectivity index (χ0v) is 12.0. The zero-order chi connectivity index (χ0) is 16.4. The van der Waals surface area contributed by atoms with E-state index in [-0.39, 0.29) is 23.2 Å². The Hall–Kier alpha value is -3.03. The van der Waals surface area contributed by atoms with Gasteiger partial charge < -0.3 is 10.6 Å². The third-order valence-corrected chi connectivity index (χ3v) is 3.40. The number of nitro groups is 1. The molecule has 1 aromatic heterocycles. The van der Waals surface area contributed by atoms with Crippen LogP contribution in [-0.4, -0.2) is 15.8 Å². The molecular weight excluding hydrogens is 303 g/mol. The molecule has 1 fully saturated rings. The first-order chi connectivity index (χ1) is 11.0. The molecule has 0 atom stereocenters. The Bertz CT molecular complexity index is 777. The van der Waals surface area contributed by atoms with Gasteiger partial charge in [0.15, 0.2) is 5.82 Å². The van der Waals surface area contributed by atoms with Crippen molar-refractivity contribution < 1.29 is 14.1 Å². The molecule has 1 heterocycles. The van der Waals surface area contributed by atoms with Crippen molar-refractivity contribution in [3.8, 4) is 0 Å². The number of halogens is 1. The van der Waals surface area contributed by atoms with Crippen LogP contribution in [-0.2, 0) is 4.79 Å². The van der Waals surface area contributed by atoms with Gasteiger partial charge in [-0.3, -0.25) is 14.9 Å². The van der Waals surface area contributed by atoms with Crippen LogP contribution in [0.5, 0.6) is 0 Å². The maximum Gasteiger partial charge on any atom is 0.272 e. The highest BCUT2D eigenvalue weighted by Gasteiger charge is 2.29. The Kier molecular flexibility index (Phi) is 3.88. The molecular formula is C15H13FN4O3. The molecule has 3 rings (SSSR count). The summed E-state index contributed by atoms with van der Waals surface area (Å²) in [4.78, 5) is 25.7. The van der Waals surface area contributed by atoms with Crippen LogP contribution in [0.3, 0.4) is 0 Å². The lowest BCUT2D eigenvalue weighted by Gasteiger charge is -2.09. The highest BCUT2D eigenvalue weighted by Crippen LogP contribution is 2.30. The molecule has 118 valence electrons. The van der Waals surface area contributed by atoms with E-state index >= 15 is 0 Å². The van der Waals surface area contributed by atoms with E-state index in [1.807, 2.05) is 0 Å². The van der Waals surface area contributed by atoms with Gasteiger partial charge in [0.1, 0.15) is 5.82 Å². The SMILES string of the molecule is O=C(Nc1cc(Nc2ccc([N+](=O)[O-])cc2F)ccn1)C1CC1. The van der Waals surface area contributed by atoms with Gasteiger partial charge in [-0.05, 0) is 25.0 Å². The summed E-state index contributed by atoms with van der Waals surface area (Å²) in [6.45, 7) is 0. The van der Waals surface area contributed by atoms with Crippen molar-refractivity contribution >= 4 is 28.8 Å². The molecule has 1 saturated carbocycles. The molecule has 0 aliphatic heterocycles. The number of nitrogens with zero attached hydrogens (tertiary/aromatic N) is 2. The van der Waals surface area contributed by atoms with Crippen molar-refractivity contribution in [2.24, 2.45) is 5.92 Å². The molecule has 23 heavy (non-hydrogen) atoms. The summed E-state index contributed by atoms with van der Waals surface area (Å²) >= 11 is 0. The van der Waals surface area contributed by atoms with Crippen LogP contribution in [0.15, 0.2) is 36.5 Å². The molecule has 1 amide bonds. The molecule has 1 aliphatic carbocycles. The molecule has 0 radical (unpaired) electrons. The molecule has 0 unspecified atom stereocenters. The van der Waals surface area contributed by atoms with E-state index in [0.29, 0.717) is 11.5 Å². The lowest BCUT2D eigenvalue weighted by molar-refractivity contribution is -0.385. The predicted octanol–water partition coefficient (Wildman–Crippen LogP) is 3.22. The monoisotopic (exact) mass is 316 g/mol. The average Bonchev–Trinajstić information content (AvgIpc) is 3.34. The fourth-order valence-corrected chi connectivity index (χ4v) is 2.02. The second kappa shape index (κ2) is 5.99. The summed E-state index contributed by atoms with van der Waals surface area (Å²) in [6.07, 6.45) is 3.25. The number of benzene rings is 1. The van der Waals surface area contributed by atoms with Crippen molar-refractivity contribution in [2.75, 3.05) is 10.6 Å². The molecule has 8 heteroatoms. The normalized spacial score (nSPS) is 13.4. The number of rotatable bonds is 5. The Morgan fingerprint density at radius 1 is 1.30 bits per heavy atom. The molecule has 1 aliphatic rings. The second-order valence-corrected chi connectivity index (χ2v) is 5.24. The molecule has 0 bridgehead atoms. The summed E-state index contributed by atoms with van der Waals surface area (Å²) in [5.41, 5.74) is 0.292. The number of anilines is 3. The second-order valence-electron chi connectivity index (χ2n) is 5.24. The number of pyridine rings is 1. The van der Waals surface area contributed by atoms with Crippen molar-refractivity contribution in [3.63, 3.8) is 0 Å². The van der Waals surface area contributed by atoms with E-state index in [0.717, 1.165) is 18.9 Å².